The predicted molar refractivity (Wildman–Crippen MR) is 75.1 cm³/mol. The van der Waals surface area contributed by atoms with Gasteiger partial charge in [-0.05, 0) is 25.0 Å². The van der Waals surface area contributed by atoms with Gasteiger partial charge in [0.2, 0.25) is 6.29 Å². The number of aryl methyl sites for hydroxylation is 2. The molecule has 0 unspecified atom stereocenters. The molecule has 122 valence electrons. The largest absolute Gasteiger partial charge is 0.429 e. The van der Waals surface area contributed by atoms with Gasteiger partial charge < -0.3 is 29.9 Å². The average molecular weight is 312 g/mol. The number of carbonyl (C=O) groups is 1. The first kappa shape index (κ1) is 16.9. The molecule has 0 amide bonds. The molecule has 0 bridgehead atoms. The standard InChI is InChI=1S/C15H20O7/c1-7-4-3-5-8(2)10(7)14(20)22-15-13(19)12(18)11(17)9(6-16)21-15/h3-5,9,11-13,15-19H,6H2,1-2H3/t9-,11-,12+,13+,15+/m1/s1. The number of rotatable bonds is 3. The molecule has 22 heavy (non-hydrogen) atoms. The van der Waals surface area contributed by atoms with E-state index in [2.05, 4.69) is 0 Å². The lowest BCUT2D eigenvalue weighted by Crippen LogP contribution is -2.59. The Hall–Kier alpha value is -1.51. The van der Waals surface area contributed by atoms with Crippen LogP contribution in [-0.2, 0) is 9.47 Å². The van der Waals surface area contributed by atoms with Gasteiger partial charge in [-0.15, -0.1) is 0 Å². The van der Waals surface area contributed by atoms with Crippen LogP contribution in [0, 0.1) is 13.8 Å². The predicted octanol–water partition coefficient (Wildman–Crippen LogP) is -0.740. The van der Waals surface area contributed by atoms with Gasteiger partial charge in [0, 0.05) is 0 Å². The number of aliphatic hydroxyl groups is 4. The van der Waals surface area contributed by atoms with Crippen LogP contribution in [0.25, 0.3) is 0 Å². The van der Waals surface area contributed by atoms with Crippen molar-refractivity contribution in [2.75, 3.05) is 6.61 Å². The summed E-state index contributed by atoms with van der Waals surface area (Å²) in [6.45, 7) is 2.91. The molecule has 1 aliphatic heterocycles. The normalized spacial score (nSPS) is 31.8. The number of ether oxygens (including phenoxy) is 2. The fraction of sp³-hybridized carbons (Fsp3) is 0.533. The summed E-state index contributed by atoms with van der Waals surface area (Å²) in [4.78, 5) is 12.3. The Kier molecular flexibility index (Phi) is 5.15. The fourth-order valence-corrected chi connectivity index (χ4v) is 2.47. The SMILES string of the molecule is Cc1cccc(C)c1C(=O)O[C@@H]1O[C@H](CO)[C@@H](O)[C@H](O)[C@@H]1O. The van der Waals surface area contributed by atoms with Gasteiger partial charge in [-0.25, -0.2) is 4.79 Å². The Balaban J connectivity index is 2.17. The summed E-state index contributed by atoms with van der Waals surface area (Å²) in [7, 11) is 0. The van der Waals surface area contributed by atoms with Crippen LogP contribution in [0.2, 0.25) is 0 Å². The van der Waals surface area contributed by atoms with Crippen molar-refractivity contribution in [3.05, 3.63) is 34.9 Å². The van der Waals surface area contributed by atoms with Crippen molar-refractivity contribution in [1.82, 2.24) is 0 Å². The number of carbonyl (C=O) groups excluding carboxylic acids is 1. The number of aliphatic hydroxyl groups excluding tert-OH is 4. The molecule has 0 aromatic heterocycles. The Morgan fingerprint density at radius 2 is 1.73 bits per heavy atom. The van der Waals surface area contributed by atoms with Gasteiger partial charge in [0.1, 0.15) is 24.4 Å². The number of hydrogen-bond donors (Lipinski definition) is 4. The summed E-state index contributed by atoms with van der Waals surface area (Å²) >= 11 is 0. The van der Waals surface area contributed by atoms with Crippen molar-refractivity contribution in [3.63, 3.8) is 0 Å². The summed E-state index contributed by atoms with van der Waals surface area (Å²) in [6, 6.07) is 5.29. The van der Waals surface area contributed by atoms with Crippen LogP contribution >= 0.6 is 0 Å². The quantitative estimate of drug-likeness (QED) is 0.543. The molecule has 5 atom stereocenters. The first-order chi connectivity index (χ1) is 10.4. The van der Waals surface area contributed by atoms with Gasteiger partial charge in [0.15, 0.2) is 0 Å². The van der Waals surface area contributed by atoms with Crippen LogP contribution in [0.1, 0.15) is 21.5 Å². The van der Waals surface area contributed by atoms with Crippen molar-refractivity contribution < 1.29 is 34.7 Å². The number of esters is 1. The lowest BCUT2D eigenvalue weighted by atomic mass is 9.99. The third-order valence-electron chi connectivity index (χ3n) is 3.76. The van der Waals surface area contributed by atoms with Crippen molar-refractivity contribution in [1.29, 1.82) is 0 Å². The third kappa shape index (κ3) is 3.13. The van der Waals surface area contributed by atoms with Crippen LogP contribution in [0.5, 0.6) is 0 Å². The maximum atomic E-state index is 12.3. The summed E-state index contributed by atoms with van der Waals surface area (Å²) in [6.07, 6.45) is -7.26. The minimum absolute atomic E-state index is 0.347. The monoisotopic (exact) mass is 312 g/mol. The van der Waals surface area contributed by atoms with Crippen molar-refractivity contribution in [2.24, 2.45) is 0 Å². The van der Waals surface area contributed by atoms with Gasteiger partial charge in [-0.2, -0.15) is 0 Å². The molecule has 1 heterocycles. The molecule has 0 aliphatic carbocycles. The molecule has 2 rings (SSSR count). The molecular formula is C15H20O7. The zero-order chi connectivity index (χ0) is 16.4. The topological polar surface area (TPSA) is 116 Å². The van der Waals surface area contributed by atoms with E-state index in [0.717, 1.165) is 0 Å². The summed E-state index contributed by atoms with van der Waals surface area (Å²) in [5, 5.41) is 38.3. The number of benzene rings is 1. The van der Waals surface area contributed by atoms with E-state index in [4.69, 9.17) is 14.6 Å². The van der Waals surface area contributed by atoms with E-state index in [9.17, 15) is 20.1 Å². The fourth-order valence-electron chi connectivity index (χ4n) is 2.47. The van der Waals surface area contributed by atoms with Gasteiger partial charge in [0.25, 0.3) is 0 Å². The van der Waals surface area contributed by atoms with E-state index in [1.54, 1.807) is 32.0 Å². The molecule has 7 heteroatoms. The van der Waals surface area contributed by atoms with E-state index in [-0.39, 0.29) is 0 Å². The molecule has 0 spiro atoms. The molecule has 7 nitrogen and oxygen atoms in total. The van der Waals surface area contributed by atoms with Gasteiger partial charge in [-0.1, -0.05) is 18.2 Å². The van der Waals surface area contributed by atoms with Crippen LogP contribution in [0.3, 0.4) is 0 Å². The highest BCUT2D eigenvalue weighted by Gasteiger charge is 2.45. The van der Waals surface area contributed by atoms with Crippen molar-refractivity contribution in [2.45, 2.75) is 44.6 Å². The van der Waals surface area contributed by atoms with E-state index in [1.165, 1.54) is 0 Å². The Morgan fingerprint density at radius 3 is 2.27 bits per heavy atom. The minimum atomic E-state index is -1.61. The summed E-state index contributed by atoms with van der Waals surface area (Å²) in [5.74, 6) is -0.708. The highest BCUT2D eigenvalue weighted by molar-refractivity contribution is 5.92. The second-order valence-corrected chi connectivity index (χ2v) is 5.37. The molecule has 1 aromatic rings. The molecule has 1 aromatic carbocycles. The maximum absolute atomic E-state index is 12.3. The molecule has 0 saturated carbocycles. The summed E-state index contributed by atoms with van der Waals surface area (Å²) < 4.78 is 10.3. The highest BCUT2D eigenvalue weighted by Crippen LogP contribution is 2.24. The van der Waals surface area contributed by atoms with E-state index in [1.807, 2.05) is 0 Å². The van der Waals surface area contributed by atoms with Crippen LogP contribution < -0.4 is 0 Å². The average Bonchev–Trinajstić information content (AvgIpc) is 2.47. The van der Waals surface area contributed by atoms with E-state index < -0.39 is 43.3 Å². The van der Waals surface area contributed by atoms with Gasteiger partial charge >= 0.3 is 5.97 Å². The molecule has 0 radical (unpaired) electrons. The second-order valence-electron chi connectivity index (χ2n) is 5.37. The Bertz CT molecular complexity index is 522. The zero-order valence-corrected chi connectivity index (χ0v) is 12.3. The maximum Gasteiger partial charge on any atom is 0.341 e. The highest BCUT2D eigenvalue weighted by atomic mass is 16.7. The Morgan fingerprint density at radius 1 is 1.14 bits per heavy atom. The molecular weight excluding hydrogens is 292 g/mol. The van der Waals surface area contributed by atoms with E-state index in [0.29, 0.717) is 16.7 Å². The number of hydrogen-bond acceptors (Lipinski definition) is 7. The van der Waals surface area contributed by atoms with Crippen LogP contribution in [0.15, 0.2) is 18.2 Å². The van der Waals surface area contributed by atoms with Gasteiger partial charge in [-0.3, -0.25) is 0 Å². The van der Waals surface area contributed by atoms with Gasteiger partial charge in [0.05, 0.1) is 12.2 Å². The molecule has 1 aliphatic rings. The molecule has 1 fully saturated rings. The summed E-state index contributed by atoms with van der Waals surface area (Å²) in [5.41, 5.74) is 1.75. The van der Waals surface area contributed by atoms with Crippen LogP contribution in [-0.4, -0.2) is 63.7 Å². The van der Waals surface area contributed by atoms with Crippen molar-refractivity contribution in [3.8, 4) is 0 Å². The first-order valence-electron chi connectivity index (χ1n) is 6.94. The lowest BCUT2D eigenvalue weighted by Gasteiger charge is -2.39. The lowest BCUT2D eigenvalue weighted by molar-refractivity contribution is -0.285. The minimum Gasteiger partial charge on any atom is -0.429 e. The van der Waals surface area contributed by atoms with Crippen molar-refractivity contribution >= 4 is 5.97 Å². The zero-order valence-electron chi connectivity index (χ0n) is 12.3. The van der Waals surface area contributed by atoms with Crippen LogP contribution in [0.4, 0.5) is 0 Å². The first-order valence-corrected chi connectivity index (χ1v) is 6.94. The third-order valence-corrected chi connectivity index (χ3v) is 3.76. The molecule has 4 N–H and O–H groups in total. The molecule has 1 saturated heterocycles. The second kappa shape index (κ2) is 6.72. The Labute approximate surface area is 127 Å². The van der Waals surface area contributed by atoms with E-state index >= 15 is 0 Å². The smallest absolute Gasteiger partial charge is 0.341 e.